The number of rotatable bonds is 8. The largest absolute Gasteiger partial charge is 0.493 e. The van der Waals surface area contributed by atoms with Gasteiger partial charge in [-0.15, -0.1) is 0 Å². The average Bonchev–Trinajstić information content (AvgIpc) is 2.66. The number of nitrogens with one attached hydrogen (secondary N) is 1. The normalized spacial score (nSPS) is 10.1. The highest BCUT2D eigenvalue weighted by atomic mass is 16.5. The fraction of sp³-hybridized carbons (Fsp3) is 0.300. The van der Waals surface area contributed by atoms with Crippen molar-refractivity contribution in [1.82, 2.24) is 4.90 Å². The van der Waals surface area contributed by atoms with Crippen molar-refractivity contribution in [2.45, 2.75) is 19.9 Å². The van der Waals surface area contributed by atoms with Gasteiger partial charge >= 0.3 is 0 Å². The number of carbonyl (C=O) groups excluding carboxylic acids is 2. The van der Waals surface area contributed by atoms with Crippen molar-refractivity contribution in [3.8, 4) is 11.5 Å². The molecule has 0 fully saturated rings. The highest BCUT2D eigenvalue weighted by Crippen LogP contribution is 2.29. The Balaban J connectivity index is 1.96. The molecule has 0 heterocycles. The second kappa shape index (κ2) is 9.46. The average molecular weight is 356 g/mol. The van der Waals surface area contributed by atoms with Crippen molar-refractivity contribution in [2.24, 2.45) is 0 Å². The van der Waals surface area contributed by atoms with Gasteiger partial charge in [-0.2, -0.15) is 0 Å². The van der Waals surface area contributed by atoms with Crippen molar-refractivity contribution in [3.05, 3.63) is 54.1 Å². The number of hydrogen-bond donors (Lipinski definition) is 1. The van der Waals surface area contributed by atoms with Gasteiger partial charge in [0.1, 0.15) is 6.42 Å². The summed E-state index contributed by atoms with van der Waals surface area (Å²) < 4.78 is 10.4. The van der Waals surface area contributed by atoms with Crippen LogP contribution in [0.25, 0.3) is 0 Å². The molecular formula is C20H24N2O4. The quantitative estimate of drug-likeness (QED) is 0.738. The smallest absolute Gasteiger partial charge is 0.233 e. The second-order valence-electron chi connectivity index (χ2n) is 5.69. The van der Waals surface area contributed by atoms with E-state index in [0.29, 0.717) is 30.3 Å². The molecule has 0 aliphatic heterocycles. The Hall–Kier alpha value is -3.02. The van der Waals surface area contributed by atoms with Gasteiger partial charge in [0.15, 0.2) is 11.5 Å². The molecule has 0 saturated heterocycles. The molecule has 2 amide bonds. The fourth-order valence-corrected chi connectivity index (χ4v) is 2.55. The number of hydrogen-bond acceptors (Lipinski definition) is 4. The molecule has 1 N–H and O–H groups in total. The summed E-state index contributed by atoms with van der Waals surface area (Å²) in [6.07, 6.45) is -0.213. The molecule has 0 unspecified atom stereocenters. The lowest BCUT2D eigenvalue weighted by Crippen LogP contribution is -2.33. The van der Waals surface area contributed by atoms with Crippen molar-refractivity contribution in [1.29, 1.82) is 0 Å². The molecule has 138 valence electrons. The van der Waals surface area contributed by atoms with E-state index < -0.39 is 0 Å². The number of anilines is 1. The van der Waals surface area contributed by atoms with Crippen LogP contribution in [-0.4, -0.2) is 37.5 Å². The first-order valence-corrected chi connectivity index (χ1v) is 8.41. The summed E-state index contributed by atoms with van der Waals surface area (Å²) in [5.41, 5.74) is 1.58. The van der Waals surface area contributed by atoms with Crippen LogP contribution in [-0.2, 0) is 16.1 Å². The lowest BCUT2D eigenvalue weighted by molar-refractivity contribution is -0.134. The zero-order valence-electron chi connectivity index (χ0n) is 15.3. The summed E-state index contributed by atoms with van der Waals surface area (Å²) in [4.78, 5) is 26.3. The lowest BCUT2D eigenvalue weighted by atomic mass is 10.2. The van der Waals surface area contributed by atoms with Crippen LogP contribution in [0.5, 0.6) is 11.5 Å². The van der Waals surface area contributed by atoms with Gasteiger partial charge in [-0.05, 0) is 24.6 Å². The van der Waals surface area contributed by atoms with E-state index in [1.54, 1.807) is 30.2 Å². The number of carbonyl (C=O) groups is 2. The molecule has 2 rings (SSSR count). The van der Waals surface area contributed by atoms with Crippen LogP contribution in [0.15, 0.2) is 48.5 Å². The molecule has 6 nitrogen and oxygen atoms in total. The molecule has 2 aromatic carbocycles. The van der Waals surface area contributed by atoms with Crippen LogP contribution < -0.4 is 14.8 Å². The molecule has 6 heteroatoms. The van der Waals surface area contributed by atoms with Crippen molar-refractivity contribution in [2.75, 3.05) is 26.1 Å². The molecule has 0 aliphatic rings. The predicted octanol–water partition coefficient (Wildman–Crippen LogP) is 3.08. The van der Waals surface area contributed by atoms with E-state index >= 15 is 0 Å². The van der Waals surface area contributed by atoms with Crippen molar-refractivity contribution < 1.29 is 19.1 Å². The Morgan fingerprint density at radius 2 is 1.69 bits per heavy atom. The van der Waals surface area contributed by atoms with E-state index in [-0.39, 0.29) is 18.2 Å². The van der Waals surface area contributed by atoms with Gasteiger partial charge in [0.2, 0.25) is 11.8 Å². The number of benzene rings is 2. The highest BCUT2D eigenvalue weighted by Gasteiger charge is 2.17. The molecule has 0 aromatic heterocycles. The number of nitrogens with zero attached hydrogens (tertiary/aromatic N) is 1. The minimum atomic E-state index is -0.367. The van der Waals surface area contributed by atoms with Gasteiger partial charge in [-0.25, -0.2) is 0 Å². The number of methoxy groups -OCH3 is 2. The number of amides is 2. The minimum absolute atomic E-state index is 0.213. The van der Waals surface area contributed by atoms with E-state index in [0.717, 1.165) is 5.56 Å². The van der Waals surface area contributed by atoms with Crippen LogP contribution in [0.2, 0.25) is 0 Å². The van der Waals surface area contributed by atoms with E-state index in [4.69, 9.17) is 9.47 Å². The Morgan fingerprint density at radius 3 is 2.31 bits per heavy atom. The monoisotopic (exact) mass is 356 g/mol. The minimum Gasteiger partial charge on any atom is -0.493 e. The topological polar surface area (TPSA) is 67.9 Å². The van der Waals surface area contributed by atoms with Gasteiger partial charge in [-0.3, -0.25) is 9.59 Å². The molecule has 0 atom stereocenters. The predicted molar refractivity (Wildman–Crippen MR) is 100 cm³/mol. The second-order valence-corrected chi connectivity index (χ2v) is 5.69. The highest BCUT2D eigenvalue weighted by molar-refractivity contribution is 6.03. The molecule has 0 saturated carbocycles. The molecule has 0 aliphatic carbocycles. The van der Waals surface area contributed by atoms with E-state index in [9.17, 15) is 9.59 Å². The number of ether oxygens (including phenoxy) is 2. The summed E-state index contributed by atoms with van der Waals surface area (Å²) in [5, 5.41) is 2.72. The Bertz CT molecular complexity index is 747. The Labute approximate surface area is 153 Å². The summed E-state index contributed by atoms with van der Waals surface area (Å²) >= 11 is 0. The van der Waals surface area contributed by atoms with Crippen molar-refractivity contribution >= 4 is 17.5 Å². The van der Waals surface area contributed by atoms with Gasteiger partial charge in [-0.1, -0.05) is 30.3 Å². The first-order chi connectivity index (χ1) is 12.6. The molecule has 0 bridgehead atoms. The lowest BCUT2D eigenvalue weighted by Gasteiger charge is -2.21. The maximum absolute atomic E-state index is 12.4. The van der Waals surface area contributed by atoms with Crippen LogP contribution in [0.4, 0.5) is 5.69 Å². The van der Waals surface area contributed by atoms with E-state index in [1.165, 1.54) is 7.11 Å². The maximum atomic E-state index is 12.4. The zero-order chi connectivity index (χ0) is 18.9. The van der Waals surface area contributed by atoms with Gasteiger partial charge in [0.25, 0.3) is 0 Å². The summed E-state index contributed by atoms with van der Waals surface area (Å²) in [7, 11) is 3.07. The third kappa shape index (κ3) is 5.24. The Kier molecular flexibility index (Phi) is 7.02. The van der Waals surface area contributed by atoms with Crippen molar-refractivity contribution in [3.63, 3.8) is 0 Å². The van der Waals surface area contributed by atoms with E-state index in [2.05, 4.69) is 5.32 Å². The first kappa shape index (κ1) is 19.3. The summed E-state index contributed by atoms with van der Waals surface area (Å²) in [5.74, 6) is 0.501. The fourth-order valence-electron chi connectivity index (χ4n) is 2.55. The van der Waals surface area contributed by atoms with Gasteiger partial charge in [0.05, 0.1) is 14.2 Å². The third-order valence-corrected chi connectivity index (χ3v) is 3.93. The van der Waals surface area contributed by atoms with Crippen LogP contribution in [0.1, 0.15) is 18.9 Å². The van der Waals surface area contributed by atoms with Gasteiger partial charge in [0, 0.05) is 24.8 Å². The zero-order valence-corrected chi connectivity index (χ0v) is 15.3. The van der Waals surface area contributed by atoms with Crippen LogP contribution in [0.3, 0.4) is 0 Å². The van der Waals surface area contributed by atoms with Crippen LogP contribution in [0, 0.1) is 0 Å². The summed E-state index contributed by atoms with van der Waals surface area (Å²) in [6, 6.07) is 14.8. The first-order valence-electron chi connectivity index (χ1n) is 8.41. The molecule has 26 heavy (non-hydrogen) atoms. The summed E-state index contributed by atoms with van der Waals surface area (Å²) in [6.45, 7) is 2.92. The molecule has 2 aromatic rings. The van der Waals surface area contributed by atoms with E-state index in [1.807, 2.05) is 37.3 Å². The Morgan fingerprint density at radius 1 is 1.00 bits per heavy atom. The van der Waals surface area contributed by atoms with Gasteiger partial charge < -0.3 is 19.7 Å². The molecular weight excluding hydrogens is 332 g/mol. The SMILES string of the molecule is CCN(Cc1ccccc1)C(=O)CC(=O)Nc1ccc(OC)c(OC)c1. The van der Waals surface area contributed by atoms with Crippen LogP contribution >= 0.6 is 0 Å². The maximum Gasteiger partial charge on any atom is 0.233 e. The third-order valence-electron chi connectivity index (χ3n) is 3.93. The molecule has 0 radical (unpaired) electrons. The standard InChI is InChI=1S/C20H24N2O4/c1-4-22(14-15-8-6-5-7-9-15)20(24)13-19(23)21-16-10-11-17(25-2)18(12-16)26-3/h5-12H,4,13-14H2,1-3H3,(H,21,23). The molecule has 0 spiro atoms.